The molecule has 0 saturated carbocycles. The third kappa shape index (κ3) is 8.32. The molecule has 14 rings (SSSR count). The van der Waals surface area contributed by atoms with Crippen LogP contribution in [0.1, 0.15) is 81.5 Å². The van der Waals surface area contributed by atoms with Gasteiger partial charge >= 0.3 is 0 Å². The van der Waals surface area contributed by atoms with Gasteiger partial charge < -0.3 is 4.74 Å². The number of fused-ring (bicyclic) bond motifs is 10. The SMILES string of the molecule is [2H]c1c([2H])c([2H])c(-c2c([2H])c(-c3cc4c5c(c3)n(-c3cccc(Oc6ccc7c8ccccc8n(-c8cc(C(C)(C)C)ccn8)c7c6)c3)[c-][n+]5-c3c(cccc3C(C)(C)C)-c3c([2H])c([2H])c([2H])c([2H])c3-c3c([2H])c([2H])c([2H])c([2H])c3-4)c([2H])c(-c3c([2H])c([2H])c([2H])c([2H])c3[2H])c2[2H])c([2H])c1[2H]. The Bertz CT molecular complexity index is 5670. The highest BCUT2D eigenvalue weighted by Crippen LogP contribution is 2.47. The zero-order valence-corrected chi connectivity index (χ0v) is 43.7. The van der Waals surface area contributed by atoms with E-state index in [0.29, 0.717) is 34.3 Å². The zero-order chi connectivity index (χ0) is 71.8. The number of aromatic nitrogens is 4. The second-order valence-electron chi connectivity index (χ2n) is 21.4. The van der Waals surface area contributed by atoms with Gasteiger partial charge in [-0.05, 0) is 161 Å². The molecule has 13 aromatic rings. The van der Waals surface area contributed by atoms with Crippen molar-refractivity contribution in [3.8, 4) is 95.5 Å². The lowest BCUT2D eigenvalue weighted by molar-refractivity contribution is -0.572. The van der Waals surface area contributed by atoms with Crippen molar-refractivity contribution in [3.05, 3.63) is 260 Å². The van der Waals surface area contributed by atoms with Gasteiger partial charge in [0, 0.05) is 23.0 Å². The molecule has 5 heteroatoms. The number of imidazole rings is 1. The standard InChI is InChI=1S/C74H58N4O/c1-73(2,3)54-37-38-75-70(44-54)78-67-34-18-17-31-62(67)63-36-35-57(46-68(63)78)79-56-26-19-25-55(45-56)76-47-77-71-64(32-20-33-66(71)74(4,5)6)60-29-15-13-27-58(60)59-28-14-16-30-61(59)65-42-53(43-69(76)72(65)77)52-40-50(48-21-9-7-10-22-48)39-51(41-52)49-23-11-8-12-24-49/h7-46H,1-6H3/i7D,8D,9D,10D,11D,12D,13D,14D,15D,16D,21D,22D,23D,24D,27D,28D,29D,30D,39D,40D,41D. The van der Waals surface area contributed by atoms with E-state index in [2.05, 4.69) is 37.7 Å². The van der Waals surface area contributed by atoms with Crippen LogP contribution < -0.4 is 9.30 Å². The molecule has 5 nitrogen and oxygen atoms in total. The van der Waals surface area contributed by atoms with E-state index in [1.165, 1.54) is 12.1 Å². The first-order valence-electron chi connectivity index (χ1n) is 36.1. The van der Waals surface area contributed by atoms with Crippen LogP contribution in [0.3, 0.4) is 0 Å². The Morgan fingerprint density at radius 1 is 0.468 bits per heavy atom. The fourth-order valence-electron chi connectivity index (χ4n) is 10.6. The van der Waals surface area contributed by atoms with Gasteiger partial charge in [-0.15, -0.1) is 0 Å². The number of hydrogen-bond acceptors (Lipinski definition) is 2. The van der Waals surface area contributed by atoms with Crippen molar-refractivity contribution >= 4 is 32.8 Å². The summed E-state index contributed by atoms with van der Waals surface area (Å²) < 4.78 is 209. The van der Waals surface area contributed by atoms with Crippen molar-refractivity contribution in [3.63, 3.8) is 0 Å². The first-order valence-corrected chi connectivity index (χ1v) is 25.6. The first kappa shape index (κ1) is 30.4. The van der Waals surface area contributed by atoms with Crippen molar-refractivity contribution < 1.29 is 38.1 Å². The number of pyridine rings is 1. The molecule has 0 radical (unpaired) electrons. The van der Waals surface area contributed by atoms with E-state index in [-0.39, 0.29) is 55.4 Å². The molecule has 0 aliphatic carbocycles. The first-order chi connectivity index (χ1) is 47.2. The average Bonchev–Trinajstić information content (AvgIpc) is 1.47. The van der Waals surface area contributed by atoms with Gasteiger partial charge in [0.15, 0.2) is 0 Å². The number of nitrogens with zero attached hydrogens (tertiary/aromatic N) is 4. The number of hydrogen-bond donors (Lipinski definition) is 0. The number of benzene rings is 10. The van der Waals surface area contributed by atoms with E-state index in [0.717, 1.165) is 27.4 Å². The second-order valence-corrected chi connectivity index (χ2v) is 21.4. The monoisotopic (exact) mass is 1040 g/mol. The van der Waals surface area contributed by atoms with Gasteiger partial charge in [-0.25, -0.2) is 4.98 Å². The molecule has 0 saturated heterocycles. The molecule has 0 atom stereocenters. The van der Waals surface area contributed by atoms with E-state index in [1.807, 2.05) is 75.4 Å². The highest BCUT2D eigenvalue weighted by molar-refractivity contribution is 6.09. The topological polar surface area (TPSA) is 35.9 Å². The Balaban J connectivity index is 1.14. The van der Waals surface area contributed by atoms with Gasteiger partial charge in [-0.2, -0.15) is 0 Å². The summed E-state index contributed by atoms with van der Waals surface area (Å²) >= 11 is 0. The molecule has 0 N–H and O–H groups in total. The minimum absolute atomic E-state index is 0.0987. The molecular weight excluding hydrogens is 961 g/mol. The van der Waals surface area contributed by atoms with Crippen molar-refractivity contribution in [1.82, 2.24) is 14.1 Å². The lowest BCUT2D eigenvalue weighted by Crippen LogP contribution is -2.35. The summed E-state index contributed by atoms with van der Waals surface area (Å²) in [7, 11) is 0. The van der Waals surface area contributed by atoms with E-state index in [4.69, 9.17) is 17.9 Å². The quantitative estimate of drug-likeness (QED) is 0.118. The Hall–Kier alpha value is -9.58. The van der Waals surface area contributed by atoms with Crippen molar-refractivity contribution in [2.24, 2.45) is 0 Å². The average molecular weight is 1040 g/mol. The highest BCUT2D eigenvalue weighted by Gasteiger charge is 2.30. The van der Waals surface area contributed by atoms with Crippen molar-refractivity contribution in [2.45, 2.75) is 52.4 Å². The predicted octanol–water partition coefficient (Wildman–Crippen LogP) is 18.9. The predicted molar refractivity (Wildman–Crippen MR) is 326 cm³/mol. The van der Waals surface area contributed by atoms with E-state index in [1.54, 1.807) is 51.7 Å². The van der Waals surface area contributed by atoms with E-state index in [9.17, 15) is 20.6 Å². The number of rotatable bonds is 7. The molecule has 0 amide bonds. The van der Waals surface area contributed by atoms with E-state index < -0.39 is 160 Å². The Kier molecular flexibility index (Phi) is 7.14. The van der Waals surface area contributed by atoms with Crippen LogP contribution in [0.15, 0.2) is 242 Å². The third-order valence-electron chi connectivity index (χ3n) is 14.3. The van der Waals surface area contributed by atoms with Crippen molar-refractivity contribution in [1.29, 1.82) is 0 Å². The van der Waals surface area contributed by atoms with Gasteiger partial charge in [0.05, 0.1) is 62.2 Å². The molecule has 1 aliphatic rings. The molecule has 1 aliphatic heterocycles. The molecule has 10 aromatic carbocycles. The number of ether oxygens (including phenoxy) is 1. The lowest BCUT2D eigenvalue weighted by Gasteiger charge is -2.26. The van der Waals surface area contributed by atoms with Gasteiger partial charge in [-0.1, -0.05) is 199 Å². The molecule has 79 heavy (non-hydrogen) atoms. The van der Waals surface area contributed by atoms with Crippen LogP contribution in [-0.4, -0.2) is 14.1 Å². The van der Waals surface area contributed by atoms with E-state index >= 15 is 0 Å². The highest BCUT2D eigenvalue weighted by atomic mass is 16.5. The Morgan fingerprint density at radius 2 is 1.06 bits per heavy atom. The summed E-state index contributed by atoms with van der Waals surface area (Å²) in [6.45, 7) is 12.2. The van der Waals surface area contributed by atoms with Crippen LogP contribution in [0.25, 0.3) is 117 Å². The normalized spacial score (nSPS) is 15.9. The number of para-hydroxylation sites is 2. The summed E-state index contributed by atoms with van der Waals surface area (Å²) in [5.41, 5.74) is -1.32. The molecule has 0 bridgehead atoms. The third-order valence-corrected chi connectivity index (χ3v) is 14.3. The maximum absolute atomic E-state index is 10.3. The van der Waals surface area contributed by atoms with Gasteiger partial charge in [0.1, 0.15) is 17.3 Å². The second kappa shape index (κ2) is 18.6. The van der Waals surface area contributed by atoms with Crippen LogP contribution >= 0.6 is 0 Å². The summed E-state index contributed by atoms with van der Waals surface area (Å²) in [5.74, 6) is 1.42. The maximum Gasteiger partial charge on any atom is 0.269 e. The molecular formula is C74H58N4O. The minimum Gasteiger partial charge on any atom is -0.458 e. The molecule has 0 fully saturated rings. The summed E-state index contributed by atoms with van der Waals surface area (Å²) in [6, 6.07) is 16.2. The molecule has 4 heterocycles. The fourth-order valence-corrected chi connectivity index (χ4v) is 10.6. The lowest BCUT2D eigenvalue weighted by atomic mass is 9.82. The van der Waals surface area contributed by atoms with Gasteiger partial charge in [0.25, 0.3) is 6.33 Å². The molecule has 3 aromatic heterocycles. The smallest absolute Gasteiger partial charge is 0.269 e. The Morgan fingerprint density at radius 3 is 1.73 bits per heavy atom. The van der Waals surface area contributed by atoms with Crippen LogP contribution in [0.2, 0.25) is 0 Å². The van der Waals surface area contributed by atoms with Crippen LogP contribution in [0.4, 0.5) is 0 Å². The maximum atomic E-state index is 10.3. The summed E-state index contributed by atoms with van der Waals surface area (Å²) in [5, 5.41) is 1.91. The summed E-state index contributed by atoms with van der Waals surface area (Å²) in [6.07, 6.45) is 5.36. The summed E-state index contributed by atoms with van der Waals surface area (Å²) in [4.78, 5) is 4.86. The van der Waals surface area contributed by atoms with Crippen LogP contribution in [-0.2, 0) is 10.8 Å². The molecule has 0 unspecified atom stereocenters. The van der Waals surface area contributed by atoms with Crippen LogP contribution in [0.5, 0.6) is 11.5 Å². The van der Waals surface area contributed by atoms with Crippen molar-refractivity contribution in [2.75, 3.05) is 0 Å². The minimum atomic E-state index is -0.905. The molecule has 0 spiro atoms. The fraction of sp³-hybridized carbons (Fsp3) is 0.108. The van der Waals surface area contributed by atoms with Gasteiger partial charge in [0.2, 0.25) is 0 Å². The zero-order valence-electron chi connectivity index (χ0n) is 64.7. The Labute approximate surface area is 491 Å². The van der Waals surface area contributed by atoms with Gasteiger partial charge in [-0.3, -0.25) is 13.7 Å². The largest absolute Gasteiger partial charge is 0.458 e. The van der Waals surface area contributed by atoms with Crippen LogP contribution in [0, 0.1) is 6.33 Å². The molecule has 380 valence electrons.